The van der Waals surface area contributed by atoms with Crippen LogP contribution in [0.4, 0.5) is 11.9 Å². The number of nitrogens with zero attached hydrogens (tertiary/aromatic N) is 6. The van der Waals surface area contributed by atoms with Gasteiger partial charge >= 0.3 is 0 Å². The molecule has 1 atom stereocenters. The van der Waals surface area contributed by atoms with Crippen LogP contribution >= 0.6 is 0 Å². The third-order valence-corrected chi connectivity index (χ3v) is 5.17. The normalized spacial score (nSPS) is 22.4. The maximum Gasteiger partial charge on any atom is 0.229 e. The molecule has 0 radical (unpaired) electrons. The van der Waals surface area contributed by atoms with Crippen LogP contribution in [0.25, 0.3) is 0 Å². The zero-order chi connectivity index (χ0) is 16.4. The minimum Gasteiger partial charge on any atom is -0.368 e. The van der Waals surface area contributed by atoms with Crippen molar-refractivity contribution in [3.8, 4) is 0 Å². The Labute approximate surface area is 138 Å². The molecule has 0 amide bonds. The maximum atomic E-state index is 5.85. The number of hydrogen-bond donors (Lipinski definition) is 1. The molecular formula is C16H29N7. The minimum absolute atomic E-state index is 0.171. The molecule has 1 saturated carbocycles. The van der Waals surface area contributed by atoms with E-state index in [-0.39, 0.29) is 6.04 Å². The Morgan fingerprint density at radius 3 is 2.30 bits per heavy atom. The molecule has 2 heterocycles. The second-order valence-electron chi connectivity index (χ2n) is 6.93. The quantitative estimate of drug-likeness (QED) is 0.892. The van der Waals surface area contributed by atoms with E-state index in [2.05, 4.69) is 31.7 Å². The van der Waals surface area contributed by atoms with Crippen LogP contribution in [0.2, 0.25) is 0 Å². The van der Waals surface area contributed by atoms with Gasteiger partial charge in [0.1, 0.15) is 0 Å². The predicted molar refractivity (Wildman–Crippen MR) is 92.4 cm³/mol. The molecule has 3 rings (SSSR count). The van der Waals surface area contributed by atoms with Gasteiger partial charge in [-0.25, -0.2) is 0 Å². The van der Waals surface area contributed by atoms with E-state index in [1.54, 1.807) is 0 Å². The third kappa shape index (κ3) is 3.72. The molecular weight excluding hydrogens is 290 g/mol. The average Bonchev–Trinajstić information content (AvgIpc) is 3.08. The zero-order valence-corrected chi connectivity index (χ0v) is 14.6. The monoisotopic (exact) mass is 319 g/mol. The van der Waals surface area contributed by atoms with E-state index in [0.29, 0.717) is 11.9 Å². The van der Waals surface area contributed by atoms with Crippen LogP contribution in [0.3, 0.4) is 0 Å². The van der Waals surface area contributed by atoms with Gasteiger partial charge in [-0.15, -0.1) is 0 Å². The average molecular weight is 319 g/mol. The van der Waals surface area contributed by atoms with Crippen LogP contribution in [0, 0.1) is 0 Å². The Morgan fingerprint density at radius 1 is 1.04 bits per heavy atom. The zero-order valence-electron chi connectivity index (χ0n) is 14.6. The highest BCUT2D eigenvalue weighted by Crippen LogP contribution is 2.26. The number of aromatic nitrogens is 3. The van der Waals surface area contributed by atoms with Crippen molar-refractivity contribution in [2.24, 2.45) is 0 Å². The summed E-state index contributed by atoms with van der Waals surface area (Å²) < 4.78 is 0. The van der Waals surface area contributed by atoms with Crippen molar-refractivity contribution in [1.29, 1.82) is 0 Å². The lowest BCUT2D eigenvalue weighted by atomic mass is 10.1. The standard InChI is InChI=1S/C16H29N7/c1-12(14-18-15(17)20-16(19-14)21(2)3)22-8-10-23(11-9-22)13-6-4-5-7-13/h12-13H,4-11H2,1-3H3,(H2,17,18,19,20)/t12-/m0/s1. The molecule has 1 aromatic rings. The summed E-state index contributed by atoms with van der Waals surface area (Å²) in [6.07, 6.45) is 5.56. The second kappa shape index (κ2) is 6.97. The molecule has 1 saturated heterocycles. The summed E-state index contributed by atoms with van der Waals surface area (Å²) in [6.45, 7) is 6.60. The van der Waals surface area contributed by atoms with Crippen molar-refractivity contribution in [2.75, 3.05) is 50.9 Å². The van der Waals surface area contributed by atoms with Crippen LogP contribution in [-0.2, 0) is 0 Å². The fraction of sp³-hybridized carbons (Fsp3) is 0.812. The van der Waals surface area contributed by atoms with E-state index in [0.717, 1.165) is 38.0 Å². The number of rotatable bonds is 4. The highest BCUT2D eigenvalue weighted by molar-refractivity contribution is 5.33. The fourth-order valence-corrected chi connectivity index (χ4v) is 3.71. The summed E-state index contributed by atoms with van der Waals surface area (Å²) in [7, 11) is 3.84. The van der Waals surface area contributed by atoms with E-state index in [4.69, 9.17) is 5.73 Å². The van der Waals surface area contributed by atoms with E-state index in [1.807, 2.05) is 19.0 Å². The van der Waals surface area contributed by atoms with Crippen molar-refractivity contribution in [3.05, 3.63) is 5.82 Å². The topological polar surface area (TPSA) is 74.4 Å². The van der Waals surface area contributed by atoms with Crippen molar-refractivity contribution in [1.82, 2.24) is 24.8 Å². The van der Waals surface area contributed by atoms with Gasteiger partial charge in [0.05, 0.1) is 6.04 Å². The van der Waals surface area contributed by atoms with Gasteiger partial charge in [-0.1, -0.05) is 12.8 Å². The Morgan fingerprint density at radius 2 is 1.70 bits per heavy atom. The Hall–Kier alpha value is -1.47. The second-order valence-corrected chi connectivity index (χ2v) is 6.93. The SMILES string of the molecule is C[C@@H](c1nc(N)nc(N(C)C)n1)N1CCN(C2CCCC2)CC1. The van der Waals surface area contributed by atoms with Crippen molar-refractivity contribution >= 4 is 11.9 Å². The molecule has 2 N–H and O–H groups in total. The lowest BCUT2D eigenvalue weighted by molar-refractivity contribution is 0.0727. The minimum atomic E-state index is 0.171. The van der Waals surface area contributed by atoms with E-state index in [9.17, 15) is 0 Å². The van der Waals surface area contributed by atoms with Gasteiger partial charge in [-0.05, 0) is 19.8 Å². The summed E-state index contributed by atoms with van der Waals surface area (Å²) in [4.78, 5) is 20.1. The Bertz CT molecular complexity index is 519. The van der Waals surface area contributed by atoms with Crippen molar-refractivity contribution < 1.29 is 0 Å². The molecule has 0 bridgehead atoms. The first-order chi connectivity index (χ1) is 11.0. The number of anilines is 2. The summed E-state index contributed by atoms with van der Waals surface area (Å²) in [5, 5.41) is 0. The van der Waals surface area contributed by atoms with Crippen LogP contribution in [0.5, 0.6) is 0 Å². The Balaban J connectivity index is 1.63. The molecule has 7 heteroatoms. The number of nitrogen functional groups attached to an aromatic ring is 1. The number of nitrogens with two attached hydrogens (primary N) is 1. The lowest BCUT2D eigenvalue weighted by Gasteiger charge is -2.40. The summed E-state index contributed by atoms with van der Waals surface area (Å²) in [5.74, 6) is 1.70. The van der Waals surface area contributed by atoms with E-state index < -0.39 is 0 Å². The molecule has 2 aliphatic rings. The molecule has 2 fully saturated rings. The van der Waals surface area contributed by atoms with Crippen LogP contribution in [0.1, 0.15) is 44.5 Å². The van der Waals surface area contributed by atoms with Crippen molar-refractivity contribution in [3.63, 3.8) is 0 Å². The molecule has 7 nitrogen and oxygen atoms in total. The predicted octanol–water partition coefficient (Wildman–Crippen LogP) is 1.14. The van der Waals surface area contributed by atoms with Gasteiger partial charge < -0.3 is 10.6 Å². The van der Waals surface area contributed by atoms with Gasteiger partial charge in [0, 0.05) is 46.3 Å². The Kier molecular flexibility index (Phi) is 4.96. The van der Waals surface area contributed by atoms with Crippen LogP contribution < -0.4 is 10.6 Å². The van der Waals surface area contributed by atoms with Gasteiger partial charge in [-0.3, -0.25) is 9.80 Å². The number of hydrogen-bond acceptors (Lipinski definition) is 7. The lowest BCUT2D eigenvalue weighted by Crippen LogP contribution is -2.50. The summed E-state index contributed by atoms with van der Waals surface area (Å²) >= 11 is 0. The largest absolute Gasteiger partial charge is 0.368 e. The van der Waals surface area contributed by atoms with E-state index >= 15 is 0 Å². The highest BCUT2D eigenvalue weighted by Gasteiger charge is 2.29. The maximum absolute atomic E-state index is 5.85. The fourth-order valence-electron chi connectivity index (χ4n) is 3.71. The smallest absolute Gasteiger partial charge is 0.229 e. The van der Waals surface area contributed by atoms with Crippen molar-refractivity contribution in [2.45, 2.75) is 44.7 Å². The summed E-state index contributed by atoms with van der Waals surface area (Å²) in [5.41, 5.74) is 5.85. The van der Waals surface area contributed by atoms with Crippen LogP contribution in [-0.4, -0.2) is 71.1 Å². The third-order valence-electron chi connectivity index (χ3n) is 5.17. The molecule has 0 spiro atoms. The molecule has 1 aliphatic heterocycles. The van der Waals surface area contributed by atoms with Gasteiger partial charge in [-0.2, -0.15) is 15.0 Å². The van der Waals surface area contributed by atoms with Crippen LogP contribution in [0.15, 0.2) is 0 Å². The molecule has 0 unspecified atom stereocenters. The molecule has 23 heavy (non-hydrogen) atoms. The first-order valence-electron chi connectivity index (χ1n) is 8.71. The summed E-state index contributed by atoms with van der Waals surface area (Å²) in [6, 6.07) is 0.991. The van der Waals surface area contributed by atoms with Gasteiger partial charge in [0.15, 0.2) is 5.82 Å². The molecule has 1 aromatic heterocycles. The molecule has 128 valence electrons. The van der Waals surface area contributed by atoms with E-state index in [1.165, 1.54) is 25.7 Å². The van der Waals surface area contributed by atoms with Gasteiger partial charge in [0.2, 0.25) is 11.9 Å². The van der Waals surface area contributed by atoms with Gasteiger partial charge in [0.25, 0.3) is 0 Å². The first-order valence-corrected chi connectivity index (χ1v) is 8.71. The number of piperazine rings is 1. The first kappa shape index (κ1) is 16.4. The molecule has 1 aliphatic carbocycles. The molecule has 0 aromatic carbocycles. The highest BCUT2D eigenvalue weighted by atomic mass is 15.3.